The van der Waals surface area contributed by atoms with Gasteiger partial charge in [0.1, 0.15) is 5.82 Å². The van der Waals surface area contributed by atoms with Crippen molar-refractivity contribution >= 4 is 39.1 Å². The predicted molar refractivity (Wildman–Crippen MR) is 82.4 cm³/mol. The molecule has 1 unspecified atom stereocenters. The smallest absolute Gasteiger partial charge is 0.302 e. The van der Waals surface area contributed by atoms with Gasteiger partial charge >= 0.3 is 10.2 Å². The summed E-state index contributed by atoms with van der Waals surface area (Å²) in [5, 5.41) is -0.185. The van der Waals surface area contributed by atoms with Crippen LogP contribution in [0.5, 0.6) is 0 Å². The number of hydrogen-bond acceptors (Lipinski definition) is 3. The third kappa shape index (κ3) is 3.78. The van der Waals surface area contributed by atoms with Crippen LogP contribution < -0.4 is 10.5 Å². The second kappa shape index (κ2) is 6.66. The van der Waals surface area contributed by atoms with Gasteiger partial charge in [-0.3, -0.25) is 4.72 Å². The zero-order valence-corrected chi connectivity index (χ0v) is 13.5. The topological polar surface area (TPSA) is 75.4 Å². The van der Waals surface area contributed by atoms with Gasteiger partial charge in [0.15, 0.2) is 0 Å². The van der Waals surface area contributed by atoms with E-state index in [-0.39, 0.29) is 28.3 Å². The lowest BCUT2D eigenvalue weighted by Crippen LogP contribution is -2.49. The van der Waals surface area contributed by atoms with Gasteiger partial charge in [-0.05, 0) is 25.0 Å². The molecule has 2 rings (SSSR count). The Balaban J connectivity index is 2.29. The predicted octanol–water partition coefficient (Wildman–Crippen LogP) is 2.60. The Morgan fingerprint density at radius 1 is 1.33 bits per heavy atom. The van der Waals surface area contributed by atoms with E-state index in [0.29, 0.717) is 13.0 Å². The molecule has 0 radical (unpaired) electrons. The van der Waals surface area contributed by atoms with Crippen molar-refractivity contribution in [3.63, 3.8) is 0 Å². The molecule has 1 heterocycles. The van der Waals surface area contributed by atoms with Gasteiger partial charge in [-0.25, -0.2) is 4.39 Å². The second-order valence-electron chi connectivity index (χ2n) is 4.85. The van der Waals surface area contributed by atoms with Gasteiger partial charge in [0.05, 0.1) is 15.7 Å². The molecule has 1 aromatic rings. The van der Waals surface area contributed by atoms with Crippen molar-refractivity contribution < 1.29 is 12.8 Å². The number of nitrogens with one attached hydrogen (secondary N) is 1. The lowest BCUT2D eigenvalue weighted by Gasteiger charge is -2.34. The standard InChI is InChI=1S/C12H16Cl2FN3O2S/c13-10-5-8(15)6-11(14)12(10)17-21(19,20)18-4-2-1-3-9(18)7-16/h5-6,9,17H,1-4,7,16H2. The molecule has 118 valence electrons. The first kappa shape index (κ1) is 16.8. The van der Waals surface area contributed by atoms with Crippen LogP contribution in [0, 0.1) is 5.82 Å². The molecule has 3 N–H and O–H groups in total. The summed E-state index contributed by atoms with van der Waals surface area (Å²) in [7, 11) is -3.84. The zero-order valence-electron chi connectivity index (χ0n) is 11.2. The molecule has 21 heavy (non-hydrogen) atoms. The largest absolute Gasteiger partial charge is 0.329 e. The molecule has 9 heteroatoms. The molecule has 1 aliphatic rings. The van der Waals surface area contributed by atoms with E-state index in [0.717, 1.165) is 25.0 Å². The van der Waals surface area contributed by atoms with Crippen LogP contribution in [0.1, 0.15) is 19.3 Å². The minimum atomic E-state index is -3.84. The lowest BCUT2D eigenvalue weighted by molar-refractivity contribution is 0.259. The summed E-state index contributed by atoms with van der Waals surface area (Å²) < 4.78 is 41.7. The van der Waals surface area contributed by atoms with E-state index >= 15 is 0 Å². The molecule has 0 saturated carbocycles. The van der Waals surface area contributed by atoms with Gasteiger partial charge in [-0.2, -0.15) is 12.7 Å². The molecule has 0 aliphatic carbocycles. The Morgan fingerprint density at radius 2 is 1.95 bits per heavy atom. The van der Waals surface area contributed by atoms with E-state index in [1.807, 2.05) is 0 Å². The van der Waals surface area contributed by atoms with Crippen LogP contribution in [-0.4, -0.2) is 31.9 Å². The zero-order chi connectivity index (χ0) is 15.6. The first-order valence-electron chi connectivity index (χ1n) is 6.49. The summed E-state index contributed by atoms with van der Waals surface area (Å²) in [6.07, 6.45) is 2.41. The van der Waals surface area contributed by atoms with Crippen LogP contribution in [0.25, 0.3) is 0 Å². The lowest BCUT2D eigenvalue weighted by atomic mass is 10.1. The Morgan fingerprint density at radius 3 is 2.52 bits per heavy atom. The van der Waals surface area contributed by atoms with E-state index in [1.165, 1.54) is 4.31 Å². The molecule has 1 fully saturated rings. The van der Waals surface area contributed by atoms with E-state index in [9.17, 15) is 12.8 Å². The third-order valence-corrected chi connectivity index (χ3v) is 5.55. The maximum atomic E-state index is 13.1. The number of rotatable bonds is 4. The van der Waals surface area contributed by atoms with Gasteiger partial charge in [0.2, 0.25) is 0 Å². The number of nitrogens with two attached hydrogens (primary N) is 1. The highest BCUT2D eigenvalue weighted by molar-refractivity contribution is 7.90. The average molecular weight is 356 g/mol. The fraction of sp³-hybridized carbons (Fsp3) is 0.500. The summed E-state index contributed by atoms with van der Waals surface area (Å²) in [5.74, 6) is -0.634. The van der Waals surface area contributed by atoms with Crippen molar-refractivity contribution in [2.75, 3.05) is 17.8 Å². The Bertz CT molecular complexity index is 604. The van der Waals surface area contributed by atoms with E-state index in [1.54, 1.807) is 0 Å². The minimum Gasteiger partial charge on any atom is -0.329 e. The highest BCUT2D eigenvalue weighted by Crippen LogP contribution is 2.33. The van der Waals surface area contributed by atoms with Crippen LogP contribution in [0.2, 0.25) is 10.0 Å². The second-order valence-corrected chi connectivity index (χ2v) is 7.29. The van der Waals surface area contributed by atoms with E-state index in [4.69, 9.17) is 28.9 Å². The SMILES string of the molecule is NCC1CCCCN1S(=O)(=O)Nc1c(Cl)cc(F)cc1Cl. The fourth-order valence-electron chi connectivity index (χ4n) is 2.35. The van der Waals surface area contributed by atoms with Crippen molar-refractivity contribution in [1.29, 1.82) is 0 Å². The Hall–Kier alpha value is -0.600. The normalized spacial score (nSPS) is 20.5. The third-order valence-electron chi connectivity index (χ3n) is 3.39. The summed E-state index contributed by atoms with van der Waals surface area (Å²) in [6, 6.07) is 1.75. The molecular formula is C12H16Cl2FN3O2S. The van der Waals surface area contributed by atoms with Crippen LogP contribution in [0.3, 0.4) is 0 Å². The fourth-order valence-corrected chi connectivity index (χ4v) is 4.57. The highest BCUT2D eigenvalue weighted by Gasteiger charge is 2.32. The molecule has 1 aromatic carbocycles. The monoisotopic (exact) mass is 355 g/mol. The molecule has 1 aliphatic heterocycles. The van der Waals surface area contributed by atoms with Crippen molar-refractivity contribution in [1.82, 2.24) is 4.31 Å². The summed E-state index contributed by atoms with van der Waals surface area (Å²) >= 11 is 11.7. The van der Waals surface area contributed by atoms with Crippen molar-refractivity contribution in [3.8, 4) is 0 Å². The van der Waals surface area contributed by atoms with Crippen LogP contribution in [-0.2, 0) is 10.2 Å². The van der Waals surface area contributed by atoms with Crippen LogP contribution in [0.4, 0.5) is 10.1 Å². The van der Waals surface area contributed by atoms with E-state index in [2.05, 4.69) is 4.72 Å². The summed E-state index contributed by atoms with van der Waals surface area (Å²) in [5.41, 5.74) is 5.60. The summed E-state index contributed by atoms with van der Waals surface area (Å²) in [6.45, 7) is 0.624. The molecule has 0 bridgehead atoms. The number of hydrogen-bond donors (Lipinski definition) is 2. The number of nitrogens with zero attached hydrogens (tertiary/aromatic N) is 1. The first-order chi connectivity index (χ1) is 9.85. The average Bonchev–Trinajstić information content (AvgIpc) is 2.43. The number of halogens is 3. The van der Waals surface area contributed by atoms with Gasteiger partial charge < -0.3 is 5.73 Å². The number of anilines is 1. The maximum Gasteiger partial charge on any atom is 0.302 e. The molecule has 0 aromatic heterocycles. The molecule has 5 nitrogen and oxygen atoms in total. The highest BCUT2D eigenvalue weighted by atomic mass is 35.5. The van der Waals surface area contributed by atoms with E-state index < -0.39 is 16.0 Å². The van der Waals surface area contributed by atoms with Gasteiger partial charge in [-0.1, -0.05) is 29.6 Å². The van der Waals surface area contributed by atoms with Crippen molar-refractivity contribution in [2.24, 2.45) is 5.73 Å². The maximum absolute atomic E-state index is 13.1. The first-order valence-corrected chi connectivity index (χ1v) is 8.69. The Kier molecular flexibility index (Phi) is 5.32. The molecular weight excluding hydrogens is 340 g/mol. The number of piperidine rings is 1. The summed E-state index contributed by atoms with van der Waals surface area (Å²) in [4.78, 5) is 0. The molecule has 0 spiro atoms. The van der Waals surface area contributed by atoms with Gasteiger partial charge in [-0.15, -0.1) is 0 Å². The van der Waals surface area contributed by atoms with Crippen LogP contribution >= 0.6 is 23.2 Å². The molecule has 1 atom stereocenters. The quantitative estimate of drug-likeness (QED) is 0.871. The molecule has 1 saturated heterocycles. The van der Waals surface area contributed by atoms with Crippen molar-refractivity contribution in [2.45, 2.75) is 25.3 Å². The minimum absolute atomic E-state index is 0.0268. The Labute approximate surface area is 133 Å². The van der Waals surface area contributed by atoms with Crippen LogP contribution in [0.15, 0.2) is 12.1 Å². The van der Waals surface area contributed by atoms with Gasteiger partial charge in [0.25, 0.3) is 0 Å². The number of benzene rings is 1. The van der Waals surface area contributed by atoms with Crippen molar-refractivity contribution in [3.05, 3.63) is 28.0 Å². The molecule has 0 amide bonds. The van der Waals surface area contributed by atoms with Gasteiger partial charge in [0, 0.05) is 19.1 Å².